The van der Waals surface area contributed by atoms with Gasteiger partial charge in [0.05, 0.1) is 19.6 Å². The Morgan fingerprint density at radius 2 is 2.04 bits per heavy atom. The van der Waals surface area contributed by atoms with Crippen LogP contribution in [0.15, 0.2) is 30.3 Å². The van der Waals surface area contributed by atoms with Gasteiger partial charge in [0.1, 0.15) is 11.6 Å². The Balaban J connectivity index is 1.43. The van der Waals surface area contributed by atoms with Gasteiger partial charge in [-0.05, 0) is 25.0 Å². The maximum absolute atomic E-state index is 11.9. The molecule has 0 saturated heterocycles. The number of aryl methyl sites for hydroxylation is 1. The maximum atomic E-state index is 11.9. The fourth-order valence-corrected chi connectivity index (χ4v) is 2.72. The molecule has 0 spiro atoms. The van der Waals surface area contributed by atoms with Crippen molar-refractivity contribution in [2.75, 3.05) is 6.61 Å². The molecule has 1 amide bonds. The second kappa shape index (κ2) is 7.76. The fraction of sp³-hybridized carbons (Fsp3) is 0.471. The molecule has 0 saturated carbocycles. The van der Waals surface area contributed by atoms with Crippen molar-refractivity contribution in [2.24, 2.45) is 0 Å². The molecular weight excluding hydrogens is 292 g/mol. The van der Waals surface area contributed by atoms with E-state index in [0.29, 0.717) is 19.6 Å². The summed E-state index contributed by atoms with van der Waals surface area (Å²) in [5.41, 5.74) is 0. The zero-order valence-electron chi connectivity index (χ0n) is 13.2. The predicted molar refractivity (Wildman–Crippen MR) is 86.0 cm³/mol. The lowest BCUT2D eigenvalue weighted by Gasteiger charge is -2.09. The lowest BCUT2D eigenvalue weighted by molar-refractivity contribution is -0.121. The van der Waals surface area contributed by atoms with Gasteiger partial charge in [-0.3, -0.25) is 4.79 Å². The number of fused-ring (bicyclic) bond motifs is 1. The highest BCUT2D eigenvalue weighted by atomic mass is 16.5. The van der Waals surface area contributed by atoms with E-state index < -0.39 is 0 Å². The van der Waals surface area contributed by atoms with Gasteiger partial charge in [-0.1, -0.05) is 24.6 Å². The first-order valence-corrected chi connectivity index (χ1v) is 8.18. The van der Waals surface area contributed by atoms with Crippen molar-refractivity contribution in [1.82, 2.24) is 20.1 Å². The monoisotopic (exact) mass is 314 g/mol. The number of ether oxygens (including phenoxy) is 1. The Bertz CT molecular complexity index is 639. The quantitative estimate of drug-likeness (QED) is 0.886. The van der Waals surface area contributed by atoms with Crippen LogP contribution < -0.4 is 10.1 Å². The molecule has 0 atom stereocenters. The summed E-state index contributed by atoms with van der Waals surface area (Å²) in [6.45, 7) is 1.75. The first-order chi connectivity index (χ1) is 11.3. The zero-order valence-corrected chi connectivity index (χ0v) is 13.2. The van der Waals surface area contributed by atoms with Crippen LogP contribution in [-0.2, 0) is 24.3 Å². The van der Waals surface area contributed by atoms with E-state index in [1.54, 1.807) is 0 Å². The van der Waals surface area contributed by atoms with Crippen LogP contribution in [0.2, 0.25) is 0 Å². The van der Waals surface area contributed by atoms with E-state index in [1.807, 2.05) is 30.3 Å². The Kier molecular flexibility index (Phi) is 5.24. The van der Waals surface area contributed by atoms with Gasteiger partial charge >= 0.3 is 0 Å². The molecule has 6 heteroatoms. The molecular formula is C17H22N4O2. The number of nitrogens with zero attached hydrogens (tertiary/aromatic N) is 3. The molecule has 0 radical (unpaired) electrons. The molecule has 1 aliphatic rings. The summed E-state index contributed by atoms with van der Waals surface area (Å²) in [5.74, 6) is 2.63. The van der Waals surface area contributed by atoms with Crippen molar-refractivity contribution in [2.45, 2.75) is 45.2 Å². The predicted octanol–water partition coefficient (Wildman–Crippen LogP) is 2.09. The van der Waals surface area contributed by atoms with Crippen molar-refractivity contribution < 1.29 is 9.53 Å². The van der Waals surface area contributed by atoms with Gasteiger partial charge < -0.3 is 14.6 Å². The fourth-order valence-electron chi connectivity index (χ4n) is 2.72. The third kappa shape index (κ3) is 4.31. The molecule has 1 aromatic carbocycles. The molecule has 0 bridgehead atoms. The molecule has 2 heterocycles. The summed E-state index contributed by atoms with van der Waals surface area (Å²) < 4.78 is 7.67. The number of hydrogen-bond acceptors (Lipinski definition) is 4. The SMILES string of the molecule is O=C(CCOc1ccccc1)NCc1nnc2n1CCCCC2. The molecule has 3 rings (SSSR count). The Morgan fingerprint density at radius 3 is 2.91 bits per heavy atom. The number of amides is 1. The van der Waals surface area contributed by atoms with E-state index in [4.69, 9.17) is 4.74 Å². The number of carbonyl (C=O) groups excluding carboxylic acids is 1. The van der Waals surface area contributed by atoms with Crippen LogP contribution in [0.25, 0.3) is 0 Å². The van der Waals surface area contributed by atoms with Crippen LogP contribution in [0.4, 0.5) is 0 Å². The van der Waals surface area contributed by atoms with Crippen LogP contribution in [0.5, 0.6) is 5.75 Å². The number of aromatic nitrogens is 3. The third-order valence-electron chi connectivity index (χ3n) is 3.97. The van der Waals surface area contributed by atoms with Gasteiger partial charge in [-0.25, -0.2) is 0 Å². The second-order valence-electron chi connectivity index (χ2n) is 5.68. The highest BCUT2D eigenvalue weighted by Gasteiger charge is 2.14. The summed E-state index contributed by atoms with van der Waals surface area (Å²) in [6, 6.07) is 9.51. The van der Waals surface area contributed by atoms with Crippen LogP contribution in [0.1, 0.15) is 37.3 Å². The summed E-state index contributed by atoms with van der Waals surface area (Å²) in [6.07, 6.45) is 4.85. The van der Waals surface area contributed by atoms with Gasteiger partial charge in [0.2, 0.25) is 5.91 Å². The molecule has 1 N–H and O–H groups in total. The first-order valence-electron chi connectivity index (χ1n) is 8.18. The standard InChI is InChI=1S/C17H22N4O2/c22-17(10-12-23-14-7-3-1-4-8-14)18-13-16-20-19-15-9-5-2-6-11-21(15)16/h1,3-4,7-8H,2,5-6,9-13H2,(H,18,22). The van der Waals surface area contributed by atoms with E-state index in [0.717, 1.165) is 36.8 Å². The second-order valence-corrected chi connectivity index (χ2v) is 5.68. The molecule has 6 nitrogen and oxygen atoms in total. The lowest BCUT2D eigenvalue weighted by Crippen LogP contribution is -2.26. The molecule has 2 aromatic rings. The minimum Gasteiger partial charge on any atom is -0.493 e. The Labute approximate surface area is 135 Å². The number of para-hydroxylation sites is 1. The van der Waals surface area contributed by atoms with Gasteiger partial charge in [0.25, 0.3) is 0 Å². The van der Waals surface area contributed by atoms with E-state index in [1.165, 1.54) is 12.8 Å². The summed E-state index contributed by atoms with van der Waals surface area (Å²) in [4.78, 5) is 11.9. The van der Waals surface area contributed by atoms with Crippen molar-refractivity contribution >= 4 is 5.91 Å². The van der Waals surface area contributed by atoms with Crippen LogP contribution >= 0.6 is 0 Å². The van der Waals surface area contributed by atoms with E-state index in [2.05, 4.69) is 20.1 Å². The molecule has 0 unspecified atom stereocenters. The Hall–Kier alpha value is -2.37. The topological polar surface area (TPSA) is 69.0 Å². The minimum absolute atomic E-state index is 0.0353. The third-order valence-corrected chi connectivity index (χ3v) is 3.97. The number of nitrogens with one attached hydrogen (secondary N) is 1. The van der Waals surface area contributed by atoms with E-state index in [-0.39, 0.29) is 5.91 Å². The number of hydrogen-bond donors (Lipinski definition) is 1. The lowest BCUT2D eigenvalue weighted by atomic mass is 10.2. The van der Waals surface area contributed by atoms with Crippen molar-refractivity contribution in [1.29, 1.82) is 0 Å². The van der Waals surface area contributed by atoms with Gasteiger partial charge in [0.15, 0.2) is 5.82 Å². The maximum Gasteiger partial charge on any atom is 0.223 e. The van der Waals surface area contributed by atoms with E-state index >= 15 is 0 Å². The molecule has 1 aromatic heterocycles. The molecule has 23 heavy (non-hydrogen) atoms. The number of rotatable bonds is 6. The molecule has 0 fully saturated rings. The molecule has 122 valence electrons. The molecule has 0 aliphatic carbocycles. The summed E-state index contributed by atoms with van der Waals surface area (Å²) in [5, 5.41) is 11.3. The summed E-state index contributed by atoms with van der Waals surface area (Å²) >= 11 is 0. The average molecular weight is 314 g/mol. The first kappa shape index (κ1) is 15.5. The smallest absolute Gasteiger partial charge is 0.223 e. The van der Waals surface area contributed by atoms with Crippen molar-refractivity contribution in [3.63, 3.8) is 0 Å². The van der Waals surface area contributed by atoms with E-state index in [9.17, 15) is 4.79 Å². The van der Waals surface area contributed by atoms with Crippen LogP contribution in [0.3, 0.4) is 0 Å². The van der Waals surface area contributed by atoms with Crippen molar-refractivity contribution in [3.8, 4) is 5.75 Å². The Morgan fingerprint density at radius 1 is 1.17 bits per heavy atom. The van der Waals surface area contributed by atoms with Gasteiger partial charge in [-0.15, -0.1) is 10.2 Å². The van der Waals surface area contributed by atoms with Crippen LogP contribution in [0, 0.1) is 0 Å². The molecule has 1 aliphatic heterocycles. The van der Waals surface area contributed by atoms with Crippen molar-refractivity contribution in [3.05, 3.63) is 42.0 Å². The summed E-state index contributed by atoms with van der Waals surface area (Å²) in [7, 11) is 0. The highest BCUT2D eigenvalue weighted by Crippen LogP contribution is 2.14. The highest BCUT2D eigenvalue weighted by molar-refractivity contribution is 5.75. The largest absolute Gasteiger partial charge is 0.493 e. The average Bonchev–Trinajstić information content (AvgIpc) is 2.80. The van der Waals surface area contributed by atoms with Gasteiger partial charge in [0, 0.05) is 13.0 Å². The zero-order chi connectivity index (χ0) is 15.9. The van der Waals surface area contributed by atoms with Gasteiger partial charge in [-0.2, -0.15) is 0 Å². The van der Waals surface area contributed by atoms with Crippen LogP contribution in [-0.4, -0.2) is 27.3 Å². The number of benzene rings is 1. The minimum atomic E-state index is -0.0353. The normalized spacial score (nSPS) is 13.9. The number of carbonyl (C=O) groups is 1.